The van der Waals surface area contributed by atoms with Gasteiger partial charge in [0.1, 0.15) is 12.4 Å². The number of benzene rings is 1. The van der Waals surface area contributed by atoms with E-state index in [4.69, 9.17) is 20.4 Å². The molecule has 3 N–H and O–H groups in total. The van der Waals surface area contributed by atoms with E-state index in [0.717, 1.165) is 25.0 Å². The summed E-state index contributed by atoms with van der Waals surface area (Å²) in [7, 11) is 0. The van der Waals surface area contributed by atoms with Crippen molar-refractivity contribution in [2.24, 2.45) is 10.9 Å². The lowest BCUT2D eigenvalue weighted by Crippen LogP contribution is -2.19. The molecule has 0 radical (unpaired) electrons. The van der Waals surface area contributed by atoms with Crippen LogP contribution in [0.2, 0.25) is 0 Å². The zero-order valence-electron chi connectivity index (χ0n) is 11.1. The van der Waals surface area contributed by atoms with Gasteiger partial charge in [0.05, 0.1) is 11.7 Å². The van der Waals surface area contributed by atoms with Crippen LogP contribution in [0, 0.1) is 0 Å². The van der Waals surface area contributed by atoms with Gasteiger partial charge in [-0.2, -0.15) is 13.2 Å². The van der Waals surface area contributed by atoms with Crippen LogP contribution in [0.5, 0.6) is 5.75 Å². The van der Waals surface area contributed by atoms with E-state index in [2.05, 4.69) is 5.16 Å². The molecular formula is C13H15F3N2O3. The minimum atomic E-state index is -4.60. The lowest BCUT2D eigenvalue weighted by atomic mass is 10.1. The molecule has 0 aromatic heterocycles. The molecule has 8 heteroatoms. The Morgan fingerprint density at radius 2 is 2.24 bits per heavy atom. The fraction of sp³-hybridized carbons (Fsp3) is 0.462. The minimum Gasteiger partial charge on any atom is -0.490 e. The van der Waals surface area contributed by atoms with Crippen LogP contribution >= 0.6 is 0 Å². The van der Waals surface area contributed by atoms with Gasteiger partial charge < -0.3 is 20.4 Å². The number of ether oxygens (including phenoxy) is 2. The molecule has 1 aromatic rings. The summed E-state index contributed by atoms with van der Waals surface area (Å²) < 4.78 is 49.7. The molecule has 1 fully saturated rings. The number of oxime groups is 1. The number of hydrogen-bond donors (Lipinski definition) is 2. The van der Waals surface area contributed by atoms with Gasteiger partial charge in [-0.05, 0) is 31.0 Å². The molecule has 1 saturated heterocycles. The molecule has 0 saturated carbocycles. The summed E-state index contributed by atoms with van der Waals surface area (Å²) in [4.78, 5) is 0. The van der Waals surface area contributed by atoms with Crippen LogP contribution in [-0.4, -0.2) is 30.4 Å². The van der Waals surface area contributed by atoms with Crippen molar-refractivity contribution in [1.82, 2.24) is 0 Å². The Balaban J connectivity index is 2.22. The van der Waals surface area contributed by atoms with Gasteiger partial charge in [-0.3, -0.25) is 0 Å². The van der Waals surface area contributed by atoms with E-state index in [1.807, 2.05) is 0 Å². The third kappa shape index (κ3) is 3.78. The average Bonchev–Trinajstić information content (AvgIpc) is 2.96. The topological polar surface area (TPSA) is 77.1 Å². The Morgan fingerprint density at radius 1 is 1.48 bits per heavy atom. The summed E-state index contributed by atoms with van der Waals surface area (Å²) >= 11 is 0. The van der Waals surface area contributed by atoms with E-state index in [1.165, 1.54) is 6.07 Å². The molecule has 5 nitrogen and oxygen atoms in total. The summed E-state index contributed by atoms with van der Waals surface area (Å²) in [6, 6.07) is 3.25. The highest BCUT2D eigenvalue weighted by Gasteiger charge is 2.35. The Kier molecular flexibility index (Phi) is 4.56. The maximum Gasteiger partial charge on any atom is 0.419 e. The quantitative estimate of drug-likeness (QED) is 0.387. The molecule has 1 aromatic carbocycles. The summed E-state index contributed by atoms with van der Waals surface area (Å²) in [6.07, 6.45) is -3.14. The number of rotatable bonds is 4. The first-order valence-corrected chi connectivity index (χ1v) is 6.35. The lowest BCUT2D eigenvalue weighted by Gasteiger charge is -2.17. The molecule has 116 valence electrons. The first-order valence-electron chi connectivity index (χ1n) is 6.35. The Labute approximate surface area is 119 Å². The van der Waals surface area contributed by atoms with Gasteiger partial charge in [-0.25, -0.2) is 0 Å². The molecule has 21 heavy (non-hydrogen) atoms. The molecular weight excluding hydrogens is 289 g/mol. The highest BCUT2D eigenvalue weighted by Crippen LogP contribution is 2.37. The lowest BCUT2D eigenvalue weighted by molar-refractivity contribution is -0.139. The monoisotopic (exact) mass is 304 g/mol. The van der Waals surface area contributed by atoms with E-state index in [-0.39, 0.29) is 24.0 Å². The first kappa shape index (κ1) is 15.4. The van der Waals surface area contributed by atoms with Crippen LogP contribution in [0.1, 0.15) is 24.0 Å². The van der Waals surface area contributed by atoms with Crippen molar-refractivity contribution < 1.29 is 27.9 Å². The molecule has 1 aliphatic heterocycles. The van der Waals surface area contributed by atoms with Crippen LogP contribution in [0.4, 0.5) is 13.2 Å². The molecule has 2 rings (SSSR count). The molecule has 0 amide bonds. The smallest absolute Gasteiger partial charge is 0.419 e. The highest BCUT2D eigenvalue weighted by molar-refractivity contribution is 5.97. The molecule has 1 atom stereocenters. The SMILES string of the molecule is N/C(=N/O)c1ccc(OCC2CCCO2)c(C(F)(F)F)c1. The van der Waals surface area contributed by atoms with Crippen molar-refractivity contribution in [3.63, 3.8) is 0 Å². The van der Waals surface area contributed by atoms with E-state index >= 15 is 0 Å². The number of nitrogens with zero attached hydrogens (tertiary/aromatic N) is 1. The molecule has 0 spiro atoms. The maximum absolute atomic E-state index is 13.0. The van der Waals surface area contributed by atoms with Gasteiger partial charge >= 0.3 is 6.18 Å². The van der Waals surface area contributed by atoms with Crippen molar-refractivity contribution in [3.05, 3.63) is 29.3 Å². The third-order valence-electron chi connectivity index (χ3n) is 3.14. The van der Waals surface area contributed by atoms with E-state index in [0.29, 0.717) is 6.61 Å². The average molecular weight is 304 g/mol. The predicted octanol–water partition coefficient (Wildman–Crippen LogP) is 2.36. The second-order valence-electron chi connectivity index (χ2n) is 4.64. The number of alkyl halides is 3. The third-order valence-corrected chi connectivity index (χ3v) is 3.14. The summed E-state index contributed by atoms with van der Waals surface area (Å²) in [5, 5.41) is 11.2. The van der Waals surface area contributed by atoms with Gasteiger partial charge in [-0.15, -0.1) is 0 Å². The van der Waals surface area contributed by atoms with E-state index in [9.17, 15) is 13.2 Å². The zero-order chi connectivity index (χ0) is 15.5. The van der Waals surface area contributed by atoms with Gasteiger partial charge in [0.25, 0.3) is 0 Å². The largest absolute Gasteiger partial charge is 0.490 e. The van der Waals surface area contributed by atoms with Crippen molar-refractivity contribution in [1.29, 1.82) is 0 Å². The minimum absolute atomic E-state index is 0.0331. The summed E-state index contributed by atoms with van der Waals surface area (Å²) in [5.74, 6) is -0.696. The normalized spacial score (nSPS) is 19.8. The Hall–Kier alpha value is -1.96. The van der Waals surface area contributed by atoms with E-state index in [1.54, 1.807) is 0 Å². The van der Waals surface area contributed by atoms with Crippen LogP contribution in [0.3, 0.4) is 0 Å². The zero-order valence-corrected chi connectivity index (χ0v) is 11.1. The number of hydrogen-bond acceptors (Lipinski definition) is 4. The highest BCUT2D eigenvalue weighted by atomic mass is 19.4. The van der Waals surface area contributed by atoms with Crippen molar-refractivity contribution >= 4 is 5.84 Å². The fourth-order valence-corrected chi connectivity index (χ4v) is 2.05. The summed E-state index contributed by atoms with van der Waals surface area (Å²) in [6.45, 7) is 0.661. The number of nitrogens with two attached hydrogens (primary N) is 1. The van der Waals surface area contributed by atoms with Crippen LogP contribution < -0.4 is 10.5 Å². The maximum atomic E-state index is 13.0. The van der Waals surface area contributed by atoms with Crippen LogP contribution in [-0.2, 0) is 10.9 Å². The second kappa shape index (κ2) is 6.21. The van der Waals surface area contributed by atoms with Gasteiger partial charge in [0.2, 0.25) is 0 Å². The second-order valence-corrected chi connectivity index (χ2v) is 4.64. The first-order chi connectivity index (χ1) is 9.91. The van der Waals surface area contributed by atoms with Gasteiger partial charge in [0, 0.05) is 12.2 Å². The predicted molar refractivity (Wildman–Crippen MR) is 68.4 cm³/mol. The Bertz CT molecular complexity index is 526. The van der Waals surface area contributed by atoms with Crippen molar-refractivity contribution in [3.8, 4) is 5.75 Å². The van der Waals surface area contributed by atoms with Gasteiger partial charge in [0.15, 0.2) is 5.84 Å². The molecule has 1 heterocycles. The van der Waals surface area contributed by atoms with Crippen molar-refractivity contribution in [2.75, 3.05) is 13.2 Å². The molecule has 1 aliphatic rings. The van der Waals surface area contributed by atoms with E-state index < -0.39 is 17.6 Å². The molecule has 0 bridgehead atoms. The molecule has 1 unspecified atom stereocenters. The molecule has 0 aliphatic carbocycles. The Morgan fingerprint density at radius 3 is 2.81 bits per heavy atom. The standard InChI is InChI=1S/C13H15F3N2O3/c14-13(15,16)10-6-8(12(17)18-19)3-4-11(10)21-7-9-2-1-5-20-9/h3-4,6,9,19H,1-2,5,7H2,(H2,17,18). The fourth-order valence-electron chi connectivity index (χ4n) is 2.05. The van der Waals surface area contributed by atoms with Crippen LogP contribution in [0.15, 0.2) is 23.4 Å². The number of halogens is 3. The summed E-state index contributed by atoms with van der Waals surface area (Å²) in [5.41, 5.74) is 4.30. The van der Waals surface area contributed by atoms with Crippen LogP contribution in [0.25, 0.3) is 0 Å². The number of amidine groups is 1. The van der Waals surface area contributed by atoms with Gasteiger partial charge in [-0.1, -0.05) is 5.16 Å². The van der Waals surface area contributed by atoms with Crippen molar-refractivity contribution in [2.45, 2.75) is 25.1 Å².